The van der Waals surface area contributed by atoms with Crippen molar-refractivity contribution in [3.8, 4) is 0 Å². The summed E-state index contributed by atoms with van der Waals surface area (Å²) in [7, 11) is 0.453. The molecule has 0 atom stereocenters. The summed E-state index contributed by atoms with van der Waals surface area (Å²) in [5, 5.41) is 9.14. The molecule has 0 amide bonds. The Morgan fingerprint density at radius 2 is 1.12 bits per heavy atom. The first-order chi connectivity index (χ1) is 12.8. The van der Waals surface area contributed by atoms with E-state index in [1.54, 1.807) is 0 Å². The fourth-order valence-electron chi connectivity index (χ4n) is 3.64. The average Bonchev–Trinajstić information content (AvgIpc) is 2.69. The Hall–Kier alpha value is -2.20. The molecule has 0 unspecified atom stereocenters. The maximum atomic E-state index is 5.82. The molecule has 26 heavy (non-hydrogen) atoms. The molecule has 4 aromatic rings. The summed E-state index contributed by atoms with van der Waals surface area (Å²) in [4.78, 5) is 0. The van der Waals surface area contributed by atoms with Crippen LogP contribution in [0.5, 0.6) is 0 Å². The van der Waals surface area contributed by atoms with Gasteiger partial charge in [0.1, 0.15) is 5.91 Å². The molecule has 0 saturated heterocycles. The van der Waals surface area contributed by atoms with Crippen LogP contribution in [0.15, 0.2) is 66.7 Å². The summed E-state index contributed by atoms with van der Waals surface area (Å²) in [6.45, 7) is 5.35. The normalized spacial score (nSPS) is 11.8. The Bertz CT molecular complexity index is 1010. The molecule has 0 aliphatic carbocycles. The maximum absolute atomic E-state index is 5.82. The second kappa shape index (κ2) is 7.58. The second-order valence-corrected chi connectivity index (χ2v) is 7.51. The monoisotopic (exact) mass is 358 g/mol. The topological polar surface area (TPSA) is 18.5 Å². The molecule has 0 fully saturated rings. The number of fused-ring (bicyclic) bond motifs is 6. The highest BCUT2D eigenvalue weighted by Crippen LogP contribution is 2.33. The van der Waals surface area contributed by atoms with Crippen molar-refractivity contribution in [1.82, 2.24) is 0 Å². The van der Waals surface area contributed by atoms with E-state index >= 15 is 0 Å². The lowest BCUT2D eigenvalue weighted by Gasteiger charge is -2.18. The van der Waals surface area contributed by atoms with Crippen LogP contribution >= 0.6 is 0 Å². The predicted molar refractivity (Wildman–Crippen MR) is 111 cm³/mol. The van der Waals surface area contributed by atoms with Gasteiger partial charge in [-0.05, 0) is 51.4 Å². The standard InChI is InChI=1S/C23H22O2Si/c1-3-24-23(25-4-2)26-21-15-9-14-20-18-11-6-5-10-16(18)17-12-7-8-13-19(17)22(20)21/h5-15,23H,3-4H2,1-2H3. The van der Waals surface area contributed by atoms with E-state index < -0.39 is 0 Å². The van der Waals surface area contributed by atoms with Crippen molar-refractivity contribution in [2.75, 3.05) is 13.2 Å². The Morgan fingerprint density at radius 1 is 0.654 bits per heavy atom. The molecular formula is C23H22O2Si. The number of hydrogen-bond acceptors (Lipinski definition) is 2. The summed E-state index contributed by atoms with van der Waals surface area (Å²) in [6.07, 6.45) is 0. The Kier molecular flexibility index (Phi) is 5.02. The van der Waals surface area contributed by atoms with Crippen LogP contribution in [0.4, 0.5) is 0 Å². The summed E-state index contributed by atoms with van der Waals surface area (Å²) in [5.41, 5.74) is 0. The third kappa shape index (κ3) is 3.03. The SMILES string of the molecule is CCOC(OCC)[Si]c1cccc2c3ccccc3c3ccccc3c12. The molecule has 4 rings (SSSR count). The molecule has 0 aliphatic heterocycles. The van der Waals surface area contributed by atoms with Gasteiger partial charge in [0.25, 0.3) is 0 Å². The lowest BCUT2D eigenvalue weighted by atomic mass is 9.94. The molecule has 2 nitrogen and oxygen atoms in total. The average molecular weight is 359 g/mol. The minimum atomic E-state index is -0.180. The van der Waals surface area contributed by atoms with E-state index in [-0.39, 0.29) is 5.91 Å². The Labute approximate surface area is 156 Å². The molecule has 0 aliphatic rings. The number of ether oxygens (including phenoxy) is 2. The van der Waals surface area contributed by atoms with Crippen LogP contribution < -0.4 is 5.19 Å². The Morgan fingerprint density at radius 3 is 1.65 bits per heavy atom. The summed E-state index contributed by atoms with van der Waals surface area (Å²) in [6, 6.07) is 24.0. The molecule has 0 bridgehead atoms. The van der Waals surface area contributed by atoms with E-state index in [2.05, 4.69) is 66.7 Å². The van der Waals surface area contributed by atoms with Crippen molar-refractivity contribution in [3.05, 3.63) is 66.7 Å². The quantitative estimate of drug-likeness (QED) is 0.279. The van der Waals surface area contributed by atoms with Gasteiger partial charge in [0.15, 0.2) is 9.52 Å². The van der Waals surface area contributed by atoms with Crippen LogP contribution in [0.25, 0.3) is 32.3 Å². The third-order valence-electron chi connectivity index (χ3n) is 4.68. The minimum absolute atomic E-state index is 0.180. The van der Waals surface area contributed by atoms with Gasteiger partial charge in [-0.2, -0.15) is 0 Å². The van der Waals surface area contributed by atoms with E-state index in [1.165, 1.54) is 37.5 Å². The summed E-state index contributed by atoms with van der Waals surface area (Å²) in [5.74, 6) is -0.180. The molecule has 0 spiro atoms. The first-order valence-corrected chi connectivity index (χ1v) is 10.2. The summed E-state index contributed by atoms with van der Waals surface area (Å²) < 4.78 is 11.6. The van der Waals surface area contributed by atoms with Gasteiger partial charge in [0.2, 0.25) is 0 Å². The lowest BCUT2D eigenvalue weighted by Crippen LogP contribution is -2.33. The van der Waals surface area contributed by atoms with E-state index in [4.69, 9.17) is 9.47 Å². The van der Waals surface area contributed by atoms with Crippen LogP contribution in [-0.2, 0) is 9.47 Å². The third-order valence-corrected chi connectivity index (χ3v) is 5.97. The number of benzene rings is 4. The van der Waals surface area contributed by atoms with Gasteiger partial charge in [-0.15, -0.1) is 0 Å². The van der Waals surface area contributed by atoms with Crippen LogP contribution in [0, 0.1) is 0 Å². The molecule has 130 valence electrons. The molecule has 0 N–H and O–H groups in total. The molecule has 4 aromatic carbocycles. The van der Waals surface area contributed by atoms with Crippen molar-refractivity contribution in [2.45, 2.75) is 19.8 Å². The first-order valence-electron chi connectivity index (χ1n) is 9.15. The molecule has 0 saturated carbocycles. The first kappa shape index (κ1) is 17.2. The van der Waals surface area contributed by atoms with Crippen LogP contribution in [0.2, 0.25) is 0 Å². The fraction of sp³-hybridized carbons (Fsp3) is 0.217. The molecule has 2 radical (unpaired) electrons. The minimum Gasteiger partial charge on any atom is -0.357 e. The van der Waals surface area contributed by atoms with Crippen LogP contribution in [0.1, 0.15) is 13.8 Å². The van der Waals surface area contributed by atoms with E-state index in [9.17, 15) is 0 Å². The zero-order valence-corrected chi connectivity index (χ0v) is 16.2. The molecule has 3 heteroatoms. The van der Waals surface area contributed by atoms with E-state index in [0.29, 0.717) is 22.7 Å². The van der Waals surface area contributed by atoms with Gasteiger partial charge in [0.05, 0.1) is 0 Å². The highest BCUT2D eigenvalue weighted by Gasteiger charge is 2.16. The van der Waals surface area contributed by atoms with Gasteiger partial charge < -0.3 is 9.47 Å². The van der Waals surface area contributed by atoms with Gasteiger partial charge in [0, 0.05) is 13.2 Å². The molecular weight excluding hydrogens is 336 g/mol. The number of hydrogen-bond donors (Lipinski definition) is 0. The zero-order valence-electron chi connectivity index (χ0n) is 15.2. The van der Waals surface area contributed by atoms with Crippen molar-refractivity contribution in [2.24, 2.45) is 0 Å². The van der Waals surface area contributed by atoms with Gasteiger partial charge >= 0.3 is 0 Å². The van der Waals surface area contributed by atoms with Gasteiger partial charge in [-0.3, -0.25) is 0 Å². The van der Waals surface area contributed by atoms with Crippen molar-refractivity contribution in [3.63, 3.8) is 0 Å². The highest BCUT2D eigenvalue weighted by atomic mass is 28.2. The van der Waals surface area contributed by atoms with E-state index in [1.807, 2.05) is 13.8 Å². The fourth-order valence-corrected chi connectivity index (χ4v) is 5.00. The highest BCUT2D eigenvalue weighted by molar-refractivity contribution is 6.59. The van der Waals surface area contributed by atoms with Crippen LogP contribution in [-0.4, -0.2) is 28.6 Å². The number of rotatable bonds is 6. The van der Waals surface area contributed by atoms with Crippen molar-refractivity contribution in [1.29, 1.82) is 0 Å². The van der Waals surface area contributed by atoms with E-state index in [0.717, 1.165) is 0 Å². The van der Waals surface area contributed by atoms with Crippen molar-refractivity contribution >= 4 is 47.0 Å². The maximum Gasteiger partial charge on any atom is 0.157 e. The second-order valence-electron chi connectivity index (χ2n) is 6.21. The largest absolute Gasteiger partial charge is 0.357 e. The van der Waals surface area contributed by atoms with Gasteiger partial charge in [-0.1, -0.05) is 66.7 Å². The van der Waals surface area contributed by atoms with Crippen molar-refractivity contribution < 1.29 is 9.47 Å². The summed E-state index contributed by atoms with van der Waals surface area (Å²) >= 11 is 0. The molecule has 0 aromatic heterocycles. The lowest BCUT2D eigenvalue weighted by molar-refractivity contribution is -0.0817. The smallest absolute Gasteiger partial charge is 0.157 e. The predicted octanol–water partition coefficient (Wildman–Crippen LogP) is 4.83. The van der Waals surface area contributed by atoms with Gasteiger partial charge in [-0.25, -0.2) is 0 Å². The Balaban J connectivity index is 2.01. The van der Waals surface area contributed by atoms with Crippen LogP contribution in [0.3, 0.4) is 0 Å². The molecule has 0 heterocycles. The zero-order chi connectivity index (χ0) is 17.9.